The quantitative estimate of drug-likeness (QED) is 0.613. The van der Waals surface area contributed by atoms with Crippen molar-refractivity contribution in [3.05, 3.63) is 77.0 Å². The van der Waals surface area contributed by atoms with Crippen LogP contribution < -0.4 is 5.73 Å². The molecular formula is C23H29N. The van der Waals surface area contributed by atoms with Crippen molar-refractivity contribution in [1.82, 2.24) is 0 Å². The molecule has 0 unspecified atom stereocenters. The lowest BCUT2D eigenvalue weighted by Crippen LogP contribution is -1.89. The first kappa shape index (κ1) is 18.1. The number of hydrogen-bond donors (Lipinski definition) is 1. The second-order valence-corrected chi connectivity index (χ2v) is 6.65. The van der Waals surface area contributed by atoms with Gasteiger partial charge in [-0.05, 0) is 78.8 Å². The summed E-state index contributed by atoms with van der Waals surface area (Å²) in [6.45, 7) is 8.37. The van der Waals surface area contributed by atoms with Gasteiger partial charge in [0, 0.05) is 5.70 Å². The first-order chi connectivity index (χ1) is 11.5. The fourth-order valence-corrected chi connectivity index (χ4v) is 2.84. The van der Waals surface area contributed by atoms with Crippen LogP contribution in [0.25, 0.3) is 16.3 Å². The van der Waals surface area contributed by atoms with E-state index in [1.165, 1.54) is 46.7 Å². The number of benzene rings is 2. The predicted octanol–water partition coefficient (Wildman–Crippen LogP) is 6.39. The topological polar surface area (TPSA) is 26.0 Å². The highest BCUT2D eigenvalue weighted by Gasteiger charge is 2.00. The van der Waals surface area contributed by atoms with Crippen molar-refractivity contribution < 1.29 is 0 Å². The summed E-state index contributed by atoms with van der Waals surface area (Å²) in [5.41, 5.74) is 11.7. The van der Waals surface area contributed by atoms with Crippen LogP contribution in [-0.2, 0) is 6.42 Å². The minimum atomic E-state index is 0.833. The Kier molecular flexibility index (Phi) is 6.43. The van der Waals surface area contributed by atoms with E-state index in [1.807, 2.05) is 13.0 Å². The van der Waals surface area contributed by atoms with Gasteiger partial charge >= 0.3 is 0 Å². The van der Waals surface area contributed by atoms with Gasteiger partial charge in [-0.2, -0.15) is 0 Å². The van der Waals surface area contributed by atoms with Crippen LogP contribution in [0.2, 0.25) is 0 Å². The average Bonchev–Trinajstić information content (AvgIpc) is 2.56. The summed E-state index contributed by atoms with van der Waals surface area (Å²) in [4.78, 5) is 0. The standard InChI is InChI=1S/C23H29N/c1-5-6-7-20-10-11-23-16-21(12-13-22(23)15-20)18(3)9-8-17(2)14-19(4)24/h8-16H,5-7,24H2,1-4H3/b17-8+,18-9+,19-14-. The second kappa shape index (κ2) is 8.54. The first-order valence-corrected chi connectivity index (χ1v) is 8.81. The Morgan fingerprint density at radius 3 is 2.38 bits per heavy atom. The van der Waals surface area contributed by atoms with Crippen molar-refractivity contribution >= 4 is 16.3 Å². The lowest BCUT2D eigenvalue weighted by atomic mass is 9.99. The maximum Gasteiger partial charge on any atom is 0.00515 e. The van der Waals surface area contributed by atoms with Crippen LogP contribution in [0.5, 0.6) is 0 Å². The van der Waals surface area contributed by atoms with E-state index in [0.717, 1.165) is 11.3 Å². The van der Waals surface area contributed by atoms with Gasteiger partial charge in [-0.25, -0.2) is 0 Å². The smallest absolute Gasteiger partial charge is 0.00515 e. The number of allylic oxidation sites excluding steroid dienone is 6. The van der Waals surface area contributed by atoms with Crippen LogP contribution in [0.15, 0.2) is 65.9 Å². The molecule has 0 radical (unpaired) electrons. The molecule has 2 N–H and O–H groups in total. The van der Waals surface area contributed by atoms with Crippen LogP contribution in [0, 0.1) is 0 Å². The minimum absolute atomic E-state index is 0.833. The fourth-order valence-electron chi connectivity index (χ4n) is 2.84. The van der Waals surface area contributed by atoms with Crippen LogP contribution in [0.3, 0.4) is 0 Å². The van der Waals surface area contributed by atoms with E-state index in [4.69, 9.17) is 5.73 Å². The van der Waals surface area contributed by atoms with Crippen molar-refractivity contribution in [3.8, 4) is 0 Å². The molecule has 0 aromatic heterocycles. The zero-order valence-corrected chi connectivity index (χ0v) is 15.4. The summed E-state index contributed by atoms with van der Waals surface area (Å²) in [6.07, 6.45) is 9.93. The molecule has 2 aromatic carbocycles. The van der Waals surface area contributed by atoms with Gasteiger partial charge in [0.2, 0.25) is 0 Å². The summed E-state index contributed by atoms with van der Waals surface area (Å²) >= 11 is 0. The van der Waals surface area contributed by atoms with Crippen LogP contribution >= 0.6 is 0 Å². The van der Waals surface area contributed by atoms with Gasteiger partial charge in [0.15, 0.2) is 0 Å². The third kappa shape index (κ3) is 5.13. The molecule has 0 amide bonds. The van der Waals surface area contributed by atoms with E-state index in [9.17, 15) is 0 Å². The highest BCUT2D eigenvalue weighted by atomic mass is 14.5. The molecule has 1 nitrogen and oxygen atoms in total. The molecule has 2 aromatic rings. The second-order valence-electron chi connectivity index (χ2n) is 6.65. The zero-order chi connectivity index (χ0) is 17.5. The molecule has 0 aliphatic heterocycles. The summed E-state index contributed by atoms with van der Waals surface area (Å²) in [5.74, 6) is 0. The van der Waals surface area contributed by atoms with Gasteiger partial charge in [-0.15, -0.1) is 0 Å². The lowest BCUT2D eigenvalue weighted by molar-refractivity contribution is 0.796. The molecule has 0 bridgehead atoms. The zero-order valence-electron chi connectivity index (χ0n) is 15.4. The Labute approximate surface area is 146 Å². The number of fused-ring (bicyclic) bond motifs is 1. The molecule has 0 spiro atoms. The Balaban J connectivity index is 2.25. The summed E-state index contributed by atoms with van der Waals surface area (Å²) in [7, 11) is 0. The van der Waals surface area contributed by atoms with E-state index in [0.29, 0.717) is 0 Å². The molecule has 0 aliphatic rings. The predicted molar refractivity (Wildman–Crippen MR) is 108 cm³/mol. The Hall–Kier alpha value is -2.28. The summed E-state index contributed by atoms with van der Waals surface area (Å²) in [6, 6.07) is 13.6. The van der Waals surface area contributed by atoms with Gasteiger partial charge in [0.05, 0.1) is 0 Å². The van der Waals surface area contributed by atoms with Gasteiger partial charge in [0.1, 0.15) is 0 Å². The summed E-state index contributed by atoms with van der Waals surface area (Å²) in [5, 5.41) is 2.63. The first-order valence-electron chi connectivity index (χ1n) is 8.81. The number of hydrogen-bond acceptors (Lipinski definition) is 1. The highest BCUT2D eigenvalue weighted by Crippen LogP contribution is 2.23. The molecule has 24 heavy (non-hydrogen) atoms. The van der Waals surface area contributed by atoms with Crippen LogP contribution in [0.4, 0.5) is 0 Å². The lowest BCUT2D eigenvalue weighted by Gasteiger charge is -2.06. The van der Waals surface area contributed by atoms with E-state index >= 15 is 0 Å². The van der Waals surface area contributed by atoms with Crippen molar-refractivity contribution in [2.45, 2.75) is 47.0 Å². The molecule has 2 rings (SSSR count). The molecule has 0 saturated heterocycles. The molecule has 0 saturated carbocycles. The summed E-state index contributed by atoms with van der Waals surface area (Å²) < 4.78 is 0. The Morgan fingerprint density at radius 2 is 1.67 bits per heavy atom. The Bertz CT molecular complexity index is 787. The van der Waals surface area contributed by atoms with Crippen molar-refractivity contribution in [3.63, 3.8) is 0 Å². The SMILES string of the molecule is CCCCc1ccc2cc(/C(C)=C/C=C(C)/C=C(/C)N)ccc2c1. The number of rotatable bonds is 6. The van der Waals surface area contributed by atoms with E-state index < -0.39 is 0 Å². The maximum atomic E-state index is 5.72. The van der Waals surface area contributed by atoms with Gasteiger partial charge in [0.25, 0.3) is 0 Å². The van der Waals surface area contributed by atoms with E-state index in [2.05, 4.69) is 69.3 Å². The molecular weight excluding hydrogens is 290 g/mol. The monoisotopic (exact) mass is 319 g/mol. The molecule has 1 heteroatoms. The van der Waals surface area contributed by atoms with Gasteiger partial charge in [-0.1, -0.05) is 55.8 Å². The third-order valence-electron chi connectivity index (χ3n) is 4.23. The number of unbranched alkanes of at least 4 members (excludes halogenated alkanes) is 1. The number of aryl methyl sites for hydroxylation is 1. The van der Waals surface area contributed by atoms with Gasteiger partial charge in [-0.3, -0.25) is 0 Å². The minimum Gasteiger partial charge on any atom is -0.402 e. The maximum absolute atomic E-state index is 5.72. The average molecular weight is 319 g/mol. The van der Waals surface area contributed by atoms with Crippen LogP contribution in [-0.4, -0.2) is 0 Å². The number of nitrogens with two attached hydrogens (primary N) is 1. The normalized spacial score (nSPS) is 13.6. The van der Waals surface area contributed by atoms with Crippen LogP contribution in [0.1, 0.15) is 51.7 Å². The highest BCUT2D eigenvalue weighted by molar-refractivity contribution is 5.86. The van der Waals surface area contributed by atoms with Gasteiger partial charge < -0.3 is 5.73 Å². The molecule has 0 fully saturated rings. The molecule has 0 atom stereocenters. The van der Waals surface area contributed by atoms with E-state index in [-0.39, 0.29) is 0 Å². The molecule has 126 valence electrons. The molecule has 0 aliphatic carbocycles. The van der Waals surface area contributed by atoms with Crippen molar-refractivity contribution in [2.75, 3.05) is 0 Å². The van der Waals surface area contributed by atoms with Crippen molar-refractivity contribution in [2.24, 2.45) is 5.73 Å². The Morgan fingerprint density at radius 1 is 0.958 bits per heavy atom. The largest absolute Gasteiger partial charge is 0.402 e. The third-order valence-corrected chi connectivity index (χ3v) is 4.23. The fraction of sp³-hybridized carbons (Fsp3) is 0.304. The van der Waals surface area contributed by atoms with Crippen molar-refractivity contribution in [1.29, 1.82) is 0 Å². The van der Waals surface area contributed by atoms with E-state index in [1.54, 1.807) is 0 Å². The molecule has 0 heterocycles.